The van der Waals surface area contributed by atoms with Crippen molar-refractivity contribution in [3.63, 3.8) is 0 Å². The first-order valence-corrected chi connectivity index (χ1v) is 5.30. The van der Waals surface area contributed by atoms with Crippen molar-refractivity contribution in [3.8, 4) is 17.3 Å². The fourth-order valence-corrected chi connectivity index (χ4v) is 2.00. The first kappa shape index (κ1) is 9.67. The van der Waals surface area contributed by atoms with Crippen LogP contribution in [0.1, 0.15) is 5.56 Å². The van der Waals surface area contributed by atoms with Crippen LogP contribution < -0.4 is 0 Å². The number of nitriles is 1. The minimum atomic E-state index is 0.615. The van der Waals surface area contributed by atoms with Crippen LogP contribution in [0.25, 0.3) is 16.9 Å². The van der Waals surface area contributed by atoms with E-state index in [0.717, 1.165) is 16.9 Å². The molecule has 1 aromatic carbocycles. The van der Waals surface area contributed by atoms with Gasteiger partial charge in [-0.15, -0.1) is 0 Å². The number of benzene rings is 1. The van der Waals surface area contributed by atoms with Crippen LogP contribution in [0.2, 0.25) is 0 Å². The van der Waals surface area contributed by atoms with Gasteiger partial charge in [0.15, 0.2) is 5.65 Å². The molecule has 0 unspecified atom stereocenters. The minimum absolute atomic E-state index is 0.615. The molecule has 3 rings (SSSR count). The predicted octanol–water partition coefficient (Wildman–Crippen LogP) is 2.21. The van der Waals surface area contributed by atoms with Gasteiger partial charge in [-0.25, -0.2) is 4.52 Å². The Hall–Kier alpha value is -2.54. The van der Waals surface area contributed by atoms with Crippen LogP contribution in [0.5, 0.6) is 0 Å². The third-order valence-electron chi connectivity index (χ3n) is 2.81. The van der Waals surface area contributed by atoms with Gasteiger partial charge >= 0.3 is 0 Å². The predicted molar refractivity (Wildman–Crippen MR) is 64.3 cm³/mol. The Labute approximate surface area is 98.3 Å². The van der Waals surface area contributed by atoms with Crippen LogP contribution in [-0.4, -0.2) is 14.2 Å². The van der Waals surface area contributed by atoms with Gasteiger partial charge in [-0.1, -0.05) is 30.3 Å². The molecule has 0 saturated carbocycles. The topological polar surface area (TPSA) is 46.0 Å². The normalized spacial score (nSPS) is 10.6. The fourth-order valence-electron chi connectivity index (χ4n) is 2.00. The average molecular weight is 222 g/mol. The number of fused-ring (bicyclic) bond motifs is 1. The summed E-state index contributed by atoms with van der Waals surface area (Å²) in [4.78, 5) is 0. The van der Waals surface area contributed by atoms with Gasteiger partial charge in [-0.3, -0.25) is 0 Å². The van der Waals surface area contributed by atoms with Gasteiger partial charge in [0, 0.05) is 25.0 Å². The Kier molecular flexibility index (Phi) is 1.99. The van der Waals surface area contributed by atoms with Crippen LogP contribution in [-0.2, 0) is 7.05 Å². The molecule has 4 nitrogen and oxygen atoms in total. The van der Waals surface area contributed by atoms with Crippen LogP contribution in [0.3, 0.4) is 0 Å². The molecule has 82 valence electrons. The standard InChI is InChI=1S/C13H10N4/c1-16-7-8-17-13(16)11(9-14)12(15-17)10-5-3-2-4-6-10/h2-8H,1H3. The second-order valence-electron chi connectivity index (χ2n) is 3.88. The molecule has 0 atom stereocenters. The van der Waals surface area contributed by atoms with Crippen molar-refractivity contribution in [1.82, 2.24) is 14.2 Å². The molecule has 0 amide bonds. The molecule has 2 heterocycles. The number of nitrogens with zero attached hydrogens (tertiary/aromatic N) is 4. The quantitative estimate of drug-likeness (QED) is 0.633. The molecule has 4 heteroatoms. The zero-order chi connectivity index (χ0) is 11.8. The molecule has 0 fully saturated rings. The number of aryl methyl sites for hydroxylation is 1. The van der Waals surface area contributed by atoms with E-state index in [0.29, 0.717) is 5.56 Å². The van der Waals surface area contributed by atoms with E-state index >= 15 is 0 Å². The van der Waals surface area contributed by atoms with E-state index in [1.807, 2.05) is 54.3 Å². The van der Waals surface area contributed by atoms with Gasteiger partial charge in [0.1, 0.15) is 17.3 Å². The van der Waals surface area contributed by atoms with E-state index in [1.165, 1.54) is 0 Å². The van der Waals surface area contributed by atoms with E-state index in [-0.39, 0.29) is 0 Å². The monoisotopic (exact) mass is 222 g/mol. The molecule has 2 aromatic heterocycles. The maximum absolute atomic E-state index is 9.29. The van der Waals surface area contributed by atoms with Crippen LogP contribution in [0, 0.1) is 11.3 Å². The molecule has 0 aliphatic heterocycles. The van der Waals surface area contributed by atoms with Gasteiger partial charge < -0.3 is 4.57 Å². The maximum atomic E-state index is 9.29. The highest BCUT2D eigenvalue weighted by Gasteiger charge is 2.15. The summed E-state index contributed by atoms with van der Waals surface area (Å²) < 4.78 is 3.64. The first-order valence-electron chi connectivity index (χ1n) is 5.30. The molecular formula is C13H10N4. The van der Waals surface area contributed by atoms with Crippen LogP contribution >= 0.6 is 0 Å². The summed E-state index contributed by atoms with van der Waals surface area (Å²) in [5.41, 5.74) is 3.14. The summed E-state index contributed by atoms with van der Waals surface area (Å²) in [6.45, 7) is 0. The number of rotatable bonds is 1. The number of imidazole rings is 1. The average Bonchev–Trinajstić information content (AvgIpc) is 2.91. The van der Waals surface area contributed by atoms with Gasteiger partial charge in [0.2, 0.25) is 0 Å². The molecule has 0 bridgehead atoms. The summed E-state index contributed by atoms with van der Waals surface area (Å²) in [5, 5.41) is 13.7. The van der Waals surface area contributed by atoms with Crippen molar-refractivity contribution in [2.24, 2.45) is 7.05 Å². The van der Waals surface area contributed by atoms with E-state index in [4.69, 9.17) is 0 Å². The second kappa shape index (κ2) is 3.49. The highest BCUT2D eigenvalue weighted by molar-refractivity contribution is 5.75. The molecule has 0 saturated heterocycles. The molecule has 17 heavy (non-hydrogen) atoms. The van der Waals surface area contributed by atoms with Gasteiger partial charge in [0.05, 0.1) is 0 Å². The summed E-state index contributed by atoms with van der Waals surface area (Å²) in [6.07, 6.45) is 3.74. The summed E-state index contributed by atoms with van der Waals surface area (Å²) in [7, 11) is 1.91. The van der Waals surface area contributed by atoms with Crippen molar-refractivity contribution < 1.29 is 0 Å². The van der Waals surface area contributed by atoms with Crippen molar-refractivity contribution in [2.45, 2.75) is 0 Å². The minimum Gasteiger partial charge on any atom is -0.333 e. The smallest absolute Gasteiger partial charge is 0.154 e. The van der Waals surface area contributed by atoms with Gasteiger partial charge in [0.25, 0.3) is 0 Å². The lowest BCUT2D eigenvalue weighted by Gasteiger charge is -1.96. The van der Waals surface area contributed by atoms with Crippen molar-refractivity contribution >= 4 is 5.65 Å². The molecule has 0 aliphatic carbocycles. The Morgan fingerprint density at radius 2 is 1.94 bits per heavy atom. The summed E-state index contributed by atoms with van der Waals surface area (Å²) in [6, 6.07) is 12.0. The van der Waals surface area contributed by atoms with E-state index < -0.39 is 0 Å². The number of aromatic nitrogens is 3. The molecule has 0 aliphatic rings. The molecule has 3 aromatic rings. The number of hydrogen-bond acceptors (Lipinski definition) is 2. The molecule has 0 N–H and O–H groups in total. The molecular weight excluding hydrogens is 212 g/mol. The maximum Gasteiger partial charge on any atom is 0.154 e. The van der Waals surface area contributed by atoms with Gasteiger partial charge in [-0.05, 0) is 0 Å². The molecule has 0 radical (unpaired) electrons. The SMILES string of the molecule is Cn1ccn2nc(-c3ccccc3)c(C#N)c12. The largest absolute Gasteiger partial charge is 0.333 e. The third-order valence-corrected chi connectivity index (χ3v) is 2.81. The highest BCUT2D eigenvalue weighted by atomic mass is 15.3. The van der Waals surface area contributed by atoms with Crippen molar-refractivity contribution in [3.05, 3.63) is 48.3 Å². The van der Waals surface area contributed by atoms with E-state index in [9.17, 15) is 5.26 Å². The summed E-state index contributed by atoms with van der Waals surface area (Å²) >= 11 is 0. The van der Waals surface area contributed by atoms with Gasteiger partial charge in [-0.2, -0.15) is 10.4 Å². The number of hydrogen-bond donors (Lipinski definition) is 0. The summed E-state index contributed by atoms with van der Waals surface area (Å²) in [5.74, 6) is 0. The third kappa shape index (κ3) is 1.33. The second-order valence-corrected chi connectivity index (χ2v) is 3.88. The lowest BCUT2D eigenvalue weighted by molar-refractivity contribution is 0.929. The van der Waals surface area contributed by atoms with E-state index in [1.54, 1.807) is 4.52 Å². The Morgan fingerprint density at radius 3 is 2.65 bits per heavy atom. The van der Waals surface area contributed by atoms with E-state index in [2.05, 4.69) is 11.2 Å². The Balaban J connectivity index is 2.35. The highest BCUT2D eigenvalue weighted by Crippen LogP contribution is 2.25. The molecule has 0 spiro atoms. The Bertz CT molecular complexity index is 713. The zero-order valence-electron chi connectivity index (χ0n) is 9.33. The van der Waals surface area contributed by atoms with Crippen molar-refractivity contribution in [2.75, 3.05) is 0 Å². The van der Waals surface area contributed by atoms with Crippen LogP contribution in [0.15, 0.2) is 42.7 Å². The zero-order valence-corrected chi connectivity index (χ0v) is 9.33. The first-order chi connectivity index (χ1) is 8.31. The van der Waals surface area contributed by atoms with Crippen molar-refractivity contribution in [1.29, 1.82) is 5.26 Å². The lowest BCUT2D eigenvalue weighted by Crippen LogP contribution is -1.87. The Morgan fingerprint density at radius 1 is 1.18 bits per heavy atom. The fraction of sp³-hybridized carbons (Fsp3) is 0.0769. The van der Waals surface area contributed by atoms with Crippen LogP contribution in [0.4, 0.5) is 0 Å². The lowest BCUT2D eigenvalue weighted by atomic mass is 10.1.